The fourth-order valence-corrected chi connectivity index (χ4v) is 5.53. The quantitative estimate of drug-likeness (QED) is 0.556. The molecule has 3 aromatic rings. The largest absolute Gasteiger partial charge is 0.348 e. The Hall–Kier alpha value is -3.19. The van der Waals surface area contributed by atoms with Gasteiger partial charge in [0.1, 0.15) is 0 Å². The molecule has 0 aliphatic carbocycles. The monoisotopic (exact) mass is 460 g/mol. The summed E-state index contributed by atoms with van der Waals surface area (Å²) in [6, 6.07) is 15.7. The van der Waals surface area contributed by atoms with Crippen LogP contribution >= 0.6 is 11.3 Å². The minimum atomic E-state index is -0.0792. The Balaban J connectivity index is 1.15. The Morgan fingerprint density at radius 1 is 1.00 bits per heavy atom. The third-order valence-electron chi connectivity index (χ3n) is 6.42. The summed E-state index contributed by atoms with van der Waals surface area (Å²) in [5, 5.41) is 4.16. The van der Waals surface area contributed by atoms with E-state index in [0.29, 0.717) is 25.9 Å². The average molecular weight is 461 g/mol. The summed E-state index contributed by atoms with van der Waals surface area (Å²) in [6.45, 7) is 3.35. The van der Waals surface area contributed by atoms with E-state index in [4.69, 9.17) is 4.98 Å². The SMILES string of the molecule is O=C(Nc1ccc2nc(N3CCCC3)sc2c1)C1CCN(C(=O)C=Cc2ccccc2)CC1. The first-order valence-corrected chi connectivity index (χ1v) is 12.5. The number of thiazole rings is 1. The predicted molar refractivity (Wildman–Crippen MR) is 134 cm³/mol. The fraction of sp³-hybridized carbons (Fsp3) is 0.346. The molecule has 2 aliphatic rings. The molecule has 2 aliphatic heterocycles. The number of carbonyl (C=O) groups excluding carboxylic acids is 2. The van der Waals surface area contributed by atoms with Crippen LogP contribution in [0.4, 0.5) is 10.8 Å². The van der Waals surface area contributed by atoms with Crippen LogP contribution in [0.15, 0.2) is 54.6 Å². The fourth-order valence-electron chi connectivity index (χ4n) is 4.48. The number of likely N-dealkylation sites (tertiary alicyclic amines) is 1. The van der Waals surface area contributed by atoms with Crippen molar-refractivity contribution in [3.63, 3.8) is 0 Å². The Kier molecular flexibility index (Phi) is 6.39. The third kappa shape index (κ3) is 5.09. The highest BCUT2D eigenvalue weighted by Gasteiger charge is 2.27. The Morgan fingerprint density at radius 3 is 2.52 bits per heavy atom. The molecule has 0 bridgehead atoms. The van der Waals surface area contributed by atoms with Crippen LogP contribution in [0.3, 0.4) is 0 Å². The van der Waals surface area contributed by atoms with Gasteiger partial charge in [-0.2, -0.15) is 0 Å². The maximum absolute atomic E-state index is 12.9. The molecule has 0 saturated carbocycles. The van der Waals surface area contributed by atoms with Crippen LogP contribution in [-0.4, -0.2) is 47.9 Å². The van der Waals surface area contributed by atoms with Crippen molar-refractivity contribution in [3.05, 3.63) is 60.2 Å². The van der Waals surface area contributed by atoms with E-state index in [2.05, 4.69) is 10.2 Å². The average Bonchev–Trinajstić information content (AvgIpc) is 3.53. The zero-order valence-electron chi connectivity index (χ0n) is 18.6. The lowest BCUT2D eigenvalue weighted by Crippen LogP contribution is -2.40. The van der Waals surface area contributed by atoms with Crippen LogP contribution in [0, 0.1) is 5.92 Å². The maximum atomic E-state index is 12.9. The van der Waals surface area contributed by atoms with Crippen LogP contribution in [0.2, 0.25) is 0 Å². The summed E-state index contributed by atoms with van der Waals surface area (Å²) >= 11 is 1.69. The van der Waals surface area contributed by atoms with Crippen LogP contribution in [0.1, 0.15) is 31.2 Å². The molecule has 2 fully saturated rings. The number of nitrogens with one attached hydrogen (secondary N) is 1. The van der Waals surface area contributed by atoms with Crippen molar-refractivity contribution in [2.45, 2.75) is 25.7 Å². The molecular formula is C26H28N4O2S. The number of amides is 2. The first-order chi connectivity index (χ1) is 16.2. The van der Waals surface area contributed by atoms with E-state index in [-0.39, 0.29) is 17.7 Å². The van der Waals surface area contributed by atoms with Gasteiger partial charge >= 0.3 is 0 Å². The number of benzene rings is 2. The molecule has 0 radical (unpaired) electrons. The number of fused-ring (bicyclic) bond motifs is 1. The zero-order valence-corrected chi connectivity index (χ0v) is 19.4. The van der Waals surface area contributed by atoms with E-state index < -0.39 is 0 Å². The van der Waals surface area contributed by atoms with Crippen molar-refractivity contribution in [1.82, 2.24) is 9.88 Å². The molecule has 2 aromatic carbocycles. The predicted octanol–water partition coefficient (Wildman–Crippen LogP) is 4.79. The van der Waals surface area contributed by atoms with E-state index in [1.165, 1.54) is 12.8 Å². The van der Waals surface area contributed by atoms with Gasteiger partial charge in [-0.05, 0) is 55.5 Å². The van der Waals surface area contributed by atoms with E-state index in [9.17, 15) is 9.59 Å². The summed E-state index contributed by atoms with van der Waals surface area (Å²) in [5.41, 5.74) is 2.80. The number of aromatic nitrogens is 1. The minimum absolute atomic E-state index is 0.00200. The van der Waals surface area contributed by atoms with Gasteiger partial charge in [0.2, 0.25) is 11.8 Å². The smallest absolute Gasteiger partial charge is 0.246 e. The van der Waals surface area contributed by atoms with E-state index in [1.54, 1.807) is 17.4 Å². The summed E-state index contributed by atoms with van der Waals surface area (Å²) in [6.07, 6.45) is 7.27. The maximum Gasteiger partial charge on any atom is 0.246 e. The molecule has 6 nitrogen and oxygen atoms in total. The summed E-state index contributed by atoms with van der Waals surface area (Å²) in [5.74, 6) is -0.0443. The molecule has 1 N–H and O–H groups in total. The van der Waals surface area contributed by atoms with E-state index in [1.807, 2.05) is 59.5 Å². The lowest BCUT2D eigenvalue weighted by atomic mass is 9.95. The highest BCUT2D eigenvalue weighted by molar-refractivity contribution is 7.22. The van der Waals surface area contributed by atoms with E-state index in [0.717, 1.165) is 39.7 Å². The number of rotatable bonds is 5. The second-order valence-electron chi connectivity index (χ2n) is 8.71. The second-order valence-corrected chi connectivity index (χ2v) is 9.72. The molecule has 3 heterocycles. The highest BCUT2D eigenvalue weighted by Crippen LogP contribution is 2.32. The molecule has 2 saturated heterocycles. The van der Waals surface area contributed by atoms with Gasteiger partial charge < -0.3 is 15.1 Å². The molecule has 2 amide bonds. The molecule has 5 rings (SSSR count). The topological polar surface area (TPSA) is 65.5 Å². The molecular weight excluding hydrogens is 432 g/mol. The first kappa shape index (κ1) is 21.6. The normalized spacial score (nSPS) is 17.2. The van der Waals surface area contributed by atoms with Crippen molar-refractivity contribution < 1.29 is 9.59 Å². The van der Waals surface area contributed by atoms with E-state index >= 15 is 0 Å². The van der Waals surface area contributed by atoms with Crippen LogP contribution in [-0.2, 0) is 9.59 Å². The molecule has 0 spiro atoms. The number of carbonyl (C=O) groups is 2. The number of anilines is 2. The third-order valence-corrected chi connectivity index (χ3v) is 7.50. The van der Waals surface area contributed by atoms with Crippen molar-refractivity contribution >= 4 is 50.3 Å². The van der Waals surface area contributed by atoms with Crippen molar-refractivity contribution in [2.24, 2.45) is 5.92 Å². The molecule has 1 aromatic heterocycles. The van der Waals surface area contributed by atoms with Crippen molar-refractivity contribution in [3.8, 4) is 0 Å². The van der Waals surface area contributed by atoms with Crippen LogP contribution in [0.25, 0.3) is 16.3 Å². The zero-order chi connectivity index (χ0) is 22.6. The molecule has 170 valence electrons. The Morgan fingerprint density at radius 2 is 1.76 bits per heavy atom. The van der Waals surface area contributed by atoms with Crippen LogP contribution < -0.4 is 10.2 Å². The van der Waals surface area contributed by atoms with Gasteiger partial charge in [-0.15, -0.1) is 0 Å². The molecule has 0 unspecified atom stereocenters. The summed E-state index contributed by atoms with van der Waals surface area (Å²) in [7, 11) is 0. The summed E-state index contributed by atoms with van der Waals surface area (Å²) in [4.78, 5) is 34.3. The Bertz CT molecular complexity index is 1160. The van der Waals surface area contributed by atoms with Crippen LogP contribution in [0.5, 0.6) is 0 Å². The van der Waals surface area contributed by atoms with Gasteiger partial charge in [-0.25, -0.2) is 4.98 Å². The molecule has 7 heteroatoms. The summed E-state index contributed by atoms with van der Waals surface area (Å²) < 4.78 is 1.10. The van der Waals surface area contributed by atoms with Crippen molar-refractivity contribution in [2.75, 3.05) is 36.4 Å². The highest BCUT2D eigenvalue weighted by atomic mass is 32.1. The second kappa shape index (κ2) is 9.75. The van der Waals surface area contributed by atoms with Gasteiger partial charge in [0, 0.05) is 43.9 Å². The standard InChI is InChI=1S/C26H28N4O2S/c31-24(11-8-19-6-2-1-3-7-19)29-16-12-20(13-17-29)25(32)27-21-9-10-22-23(18-21)33-26(28-22)30-14-4-5-15-30/h1-3,6-11,18,20H,4-5,12-17H2,(H,27,32). The number of hydrogen-bond donors (Lipinski definition) is 1. The van der Waals surface area contributed by atoms with Gasteiger partial charge in [-0.3, -0.25) is 9.59 Å². The molecule has 33 heavy (non-hydrogen) atoms. The number of nitrogens with zero attached hydrogens (tertiary/aromatic N) is 3. The number of hydrogen-bond acceptors (Lipinski definition) is 5. The van der Waals surface area contributed by atoms with Crippen molar-refractivity contribution in [1.29, 1.82) is 0 Å². The minimum Gasteiger partial charge on any atom is -0.348 e. The first-order valence-electron chi connectivity index (χ1n) is 11.6. The Labute approximate surface area is 197 Å². The van der Waals surface area contributed by atoms with Gasteiger partial charge in [0.15, 0.2) is 5.13 Å². The lowest BCUT2D eigenvalue weighted by molar-refractivity contribution is -0.130. The van der Waals surface area contributed by atoms with Gasteiger partial charge in [-0.1, -0.05) is 41.7 Å². The molecule has 0 atom stereocenters. The lowest BCUT2D eigenvalue weighted by Gasteiger charge is -2.30. The van der Waals surface area contributed by atoms with Gasteiger partial charge in [0.05, 0.1) is 10.2 Å². The number of piperidine rings is 1. The van der Waals surface area contributed by atoms with Gasteiger partial charge in [0.25, 0.3) is 0 Å².